The van der Waals surface area contributed by atoms with E-state index in [1.54, 1.807) is 18.2 Å². The fraction of sp³-hybridized carbons (Fsp3) is 0.188. The van der Waals surface area contributed by atoms with Gasteiger partial charge in [-0.1, -0.05) is 19.1 Å². The molecule has 0 spiro atoms. The van der Waals surface area contributed by atoms with Crippen LogP contribution in [0.4, 0.5) is 4.39 Å². The molecule has 0 aromatic heterocycles. The molecular weight excluding hydrogens is 243 g/mol. The van der Waals surface area contributed by atoms with Crippen LogP contribution in [0.25, 0.3) is 0 Å². The van der Waals surface area contributed by atoms with Crippen LogP contribution in [0.3, 0.4) is 0 Å². The minimum absolute atomic E-state index is 0.120. The molecule has 0 unspecified atom stereocenters. The second-order valence-corrected chi connectivity index (χ2v) is 4.30. The quantitative estimate of drug-likeness (QED) is 0.760. The summed E-state index contributed by atoms with van der Waals surface area (Å²) in [5.41, 5.74) is 1.53. The van der Waals surface area contributed by atoms with E-state index in [0.717, 1.165) is 6.42 Å². The first-order valence-corrected chi connectivity index (χ1v) is 6.17. The Bertz CT molecular complexity index is 588. The average molecular weight is 258 g/mol. The Kier molecular flexibility index (Phi) is 3.95. The van der Waals surface area contributed by atoms with E-state index in [0.29, 0.717) is 11.3 Å². The van der Waals surface area contributed by atoms with Crippen LogP contribution < -0.4 is 4.74 Å². The molecule has 0 saturated heterocycles. The van der Waals surface area contributed by atoms with Gasteiger partial charge in [-0.2, -0.15) is 0 Å². The van der Waals surface area contributed by atoms with E-state index in [-0.39, 0.29) is 11.5 Å². The summed E-state index contributed by atoms with van der Waals surface area (Å²) in [6.07, 6.45) is 0.946. The molecular formula is C16H15FO2. The maximum Gasteiger partial charge on any atom is 0.166 e. The SMILES string of the molecule is CCc1ccc(Oc2ccc(C(C)=O)cc2F)cc1. The molecule has 0 radical (unpaired) electrons. The lowest BCUT2D eigenvalue weighted by Crippen LogP contribution is -1.95. The van der Waals surface area contributed by atoms with Gasteiger partial charge in [0.05, 0.1) is 0 Å². The summed E-state index contributed by atoms with van der Waals surface area (Å²) in [5, 5.41) is 0. The normalized spacial score (nSPS) is 10.3. The van der Waals surface area contributed by atoms with Gasteiger partial charge in [-0.25, -0.2) is 4.39 Å². The van der Waals surface area contributed by atoms with Gasteiger partial charge in [0.25, 0.3) is 0 Å². The number of rotatable bonds is 4. The summed E-state index contributed by atoms with van der Waals surface area (Å²) in [7, 11) is 0. The van der Waals surface area contributed by atoms with Crippen molar-refractivity contribution in [3.63, 3.8) is 0 Å². The van der Waals surface area contributed by atoms with Crippen LogP contribution in [0.15, 0.2) is 42.5 Å². The van der Waals surface area contributed by atoms with Crippen molar-refractivity contribution in [1.29, 1.82) is 0 Å². The molecule has 2 aromatic rings. The van der Waals surface area contributed by atoms with Gasteiger partial charge in [-0.3, -0.25) is 4.79 Å². The summed E-state index contributed by atoms with van der Waals surface area (Å²) in [6, 6.07) is 11.7. The Morgan fingerprint density at radius 3 is 2.37 bits per heavy atom. The molecule has 0 amide bonds. The third-order valence-corrected chi connectivity index (χ3v) is 2.90. The molecule has 0 heterocycles. The Balaban J connectivity index is 2.20. The van der Waals surface area contributed by atoms with Gasteiger partial charge in [0, 0.05) is 5.56 Å². The zero-order valence-electron chi connectivity index (χ0n) is 10.9. The fourth-order valence-corrected chi connectivity index (χ4v) is 1.72. The number of hydrogen-bond acceptors (Lipinski definition) is 2. The smallest absolute Gasteiger partial charge is 0.166 e. The number of ketones is 1. The Morgan fingerprint density at radius 2 is 1.84 bits per heavy atom. The molecule has 0 aliphatic carbocycles. The number of Topliss-reactive ketones (excluding diaryl/α,β-unsaturated/α-hetero) is 1. The number of halogens is 1. The topological polar surface area (TPSA) is 26.3 Å². The Hall–Kier alpha value is -2.16. The van der Waals surface area contributed by atoms with E-state index in [2.05, 4.69) is 6.92 Å². The molecule has 19 heavy (non-hydrogen) atoms. The largest absolute Gasteiger partial charge is 0.454 e. The standard InChI is InChI=1S/C16H15FO2/c1-3-12-4-7-14(8-5-12)19-16-9-6-13(11(2)18)10-15(16)17/h4-10H,3H2,1-2H3. The van der Waals surface area contributed by atoms with Gasteiger partial charge in [0.1, 0.15) is 5.75 Å². The number of benzene rings is 2. The van der Waals surface area contributed by atoms with E-state index in [4.69, 9.17) is 4.74 Å². The molecule has 0 atom stereocenters. The highest BCUT2D eigenvalue weighted by Gasteiger charge is 2.08. The molecule has 0 bridgehead atoms. The van der Waals surface area contributed by atoms with Gasteiger partial charge in [0.2, 0.25) is 0 Å². The maximum absolute atomic E-state index is 13.8. The molecule has 0 aliphatic heterocycles. The minimum atomic E-state index is -0.535. The van der Waals surface area contributed by atoms with E-state index in [1.807, 2.05) is 12.1 Å². The first kappa shape index (κ1) is 13.3. The molecule has 0 saturated carbocycles. The van der Waals surface area contributed by atoms with Gasteiger partial charge >= 0.3 is 0 Å². The lowest BCUT2D eigenvalue weighted by atomic mass is 10.1. The van der Waals surface area contributed by atoms with Crippen molar-refractivity contribution < 1.29 is 13.9 Å². The molecule has 3 heteroatoms. The van der Waals surface area contributed by atoms with E-state index in [1.165, 1.54) is 24.6 Å². The Labute approximate surface area is 111 Å². The number of carbonyl (C=O) groups excluding carboxylic acids is 1. The lowest BCUT2D eigenvalue weighted by Gasteiger charge is -2.08. The molecule has 2 rings (SSSR count). The molecule has 0 fully saturated rings. The summed E-state index contributed by atoms with van der Waals surface area (Å²) in [6.45, 7) is 3.47. The summed E-state index contributed by atoms with van der Waals surface area (Å²) < 4.78 is 19.2. The highest BCUT2D eigenvalue weighted by molar-refractivity contribution is 5.94. The van der Waals surface area contributed by atoms with Gasteiger partial charge in [0.15, 0.2) is 17.3 Å². The molecule has 2 nitrogen and oxygen atoms in total. The van der Waals surface area contributed by atoms with Crippen LogP contribution in [0.5, 0.6) is 11.5 Å². The van der Waals surface area contributed by atoms with Crippen LogP contribution in [0, 0.1) is 5.82 Å². The zero-order valence-corrected chi connectivity index (χ0v) is 10.9. The molecule has 0 N–H and O–H groups in total. The number of hydrogen-bond donors (Lipinski definition) is 0. The predicted molar refractivity (Wildman–Crippen MR) is 72.3 cm³/mol. The van der Waals surface area contributed by atoms with Crippen molar-refractivity contribution in [3.05, 3.63) is 59.4 Å². The van der Waals surface area contributed by atoms with Crippen molar-refractivity contribution >= 4 is 5.78 Å². The maximum atomic E-state index is 13.8. The van der Waals surface area contributed by atoms with Crippen molar-refractivity contribution in [1.82, 2.24) is 0 Å². The zero-order chi connectivity index (χ0) is 13.8. The number of ether oxygens (including phenoxy) is 1. The van der Waals surface area contributed by atoms with Crippen LogP contribution in [0.1, 0.15) is 29.8 Å². The Morgan fingerprint density at radius 1 is 1.16 bits per heavy atom. The van der Waals surface area contributed by atoms with Crippen LogP contribution in [0.2, 0.25) is 0 Å². The minimum Gasteiger partial charge on any atom is -0.454 e. The predicted octanol–water partition coefficient (Wildman–Crippen LogP) is 4.38. The average Bonchev–Trinajstić information content (AvgIpc) is 2.41. The number of aryl methyl sites for hydroxylation is 1. The van der Waals surface area contributed by atoms with Gasteiger partial charge in [-0.15, -0.1) is 0 Å². The fourth-order valence-electron chi connectivity index (χ4n) is 1.72. The monoisotopic (exact) mass is 258 g/mol. The molecule has 2 aromatic carbocycles. The van der Waals surface area contributed by atoms with Crippen molar-refractivity contribution in [2.24, 2.45) is 0 Å². The van der Waals surface area contributed by atoms with Crippen LogP contribution in [-0.4, -0.2) is 5.78 Å². The summed E-state index contributed by atoms with van der Waals surface area (Å²) in [5.74, 6) is -0.00839. The third kappa shape index (κ3) is 3.19. The number of carbonyl (C=O) groups is 1. The van der Waals surface area contributed by atoms with Crippen molar-refractivity contribution in [2.75, 3.05) is 0 Å². The van der Waals surface area contributed by atoms with Crippen molar-refractivity contribution in [2.45, 2.75) is 20.3 Å². The third-order valence-electron chi connectivity index (χ3n) is 2.90. The van der Waals surface area contributed by atoms with E-state index >= 15 is 0 Å². The second-order valence-electron chi connectivity index (χ2n) is 4.30. The van der Waals surface area contributed by atoms with Crippen LogP contribution >= 0.6 is 0 Å². The highest BCUT2D eigenvalue weighted by atomic mass is 19.1. The van der Waals surface area contributed by atoms with Gasteiger partial charge in [-0.05, 0) is 49.2 Å². The van der Waals surface area contributed by atoms with E-state index in [9.17, 15) is 9.18 Å². The first-order valence-electron chi connectivity index (χ1n) is 6.17. The lowest BCUT2D eigenvalue weighted by molar-refractivity contribution is 0.101. The molecule has 98 valence electrons. The van der Waals surface area contributed by atoms with Crippen LogP contribution in [-0.2, 0) is 6.42 Å². The van der Waals surface area contributed by atoms with Crippen molar-refractivity contribution in [3.8, 4) is 11.5 Å². The van der Waals surface area contributed by atoms with Gasteiger partial charge < -0.3 is 4.74 Å². The second kappa shape index (κ2) is 5.65. The summed E-state index contributed by atoms with van der Waals surface area (Å²) in [4.78, 5) is 11.1. The highest BCUT2D eigenvalue weighted by Crippen LogP contribution is 2.25. The van der Waals surface area contributed by atoms with E-state index < -0.39 is 5.82 Å². The first-order chi connectivity index (χ1) is 9.10. The molecule has 0 aliphatic rings. The summed E-state index contributed by atoms with van der Waals surface area (Å²) >= 11 is 0.